The van der Waals surface area contributed by atoms with E-state index in [1.165, 1.54) is 11.1 Å². The summed E-state index contributed by atoms with van der Waals surface area (Å²) in [5.41, 5.74) is 2.76. The highest BCUT2D eigenvalue weighted by Gasteiger charge is 2.31. The van der Waals surface area contributed by atoms with Gasteiger partial charge in [-0.25, -0.2) is 0 Å². The van der Waals surface area contributed by atoms with E-state index in [0.717, 1.165) is 13.2 Å². The summed E-state index contributed by atoms with van der Waals surface area (Å²) in [6, 6.07) is 8.52. The fourth-order valence-corrected chi connectivity index (χ4v) is 2.18. The lowest BCUT2D eigenvalue weighted by molar-refractivity contribution is 0.0194. The Balaban J connectivity index is 0.000000404. The van der Waals surface area contributed by atoms with Crippen LogP contribution < -0.4 is 0 Å². The molecular weight excluding hydrogens is 188 g/mol. The van der Waals surface area contributed by atoms with Crippen molar-refractivity contribution in [3.8, 4) is 0 Å². The second-order valence-electron chi connectivity index (χ2n) is 3.69. The Morgan fingerprint density at radius 1 is 1.00 bits per heavy atom. The Morgan fingerprint density at radius 2 is 1.73 bits per heavy atom. The average molecular weight is 206 g/mol. The molecule has 0 amide bonds. The molecule has 1 aromatic rings. The zero-order valence-corrected chi connectivity index (χ0v) is 9.40. The summed E-state index contributed by atoms with van der Waals surface area (Å²) in [4.78, 5) is 0. The summed E-state index contributed by atoms with van der Waals surface area (Å²) in [6.45, 7) is 6.35. The zero-order valence-electron chi connectivity index (χ0n) is 9.40. The van der Waals surface area contributed by atoms with Gasteiger partial charge < -0.3 is 9.47 Å². The maximum atomic E-state index is 5.70. The van der Waals surface area contributed by atoms with Gasteiger partial charge in [0.05, 0.1) is 19.8 Å². The van der Waals surface area contributed by atoms with Crippen LogP contribution in [0.2, 0.25) is 0 Å². The molecule has 3 aliphatic heterocycles. The van der Waals surface area contributed by atoms with E-state index in [4.69, 9.17) is 9.47 Å². The molecule has 82 valence electrons. The monoisotopic (exact) mass is 206 g/mol. The third kappa shape index (κ3) is 1.92. The molecule has 2 heteroatoms. The number of hydrogen-bond acceptors (Lipinski definition) is 2. The van der Waals surface area contributed by atoms with E-state index in [0.29, 0.717) is 12.5 Å². The van der Waals surface area contributed by atoms with Crippen LogP contribution in [0.1, 0.15) is 37.0 Å². The van der Waals surface area contributed by atoms with Crippen molar-refractivity contribution in [3.05, 3.63) is 35.4 Å². The van der Waals surface area contributed by atoms with E-state index in [9.17, 15) is 0 Å². The highest BCUT2D eigenvalue weighted by Crippen LogP contribution is 2.36. The Bertz CT molecular complexity index is 287. The van der Waals surface area contributed by atoms with E-state index in [-0.39, 0.29) is 6.10 Å². The van der Waals surface area contributed by atoms with Gasteiger partial charge in [0.1, 0.15) is 6.10 Å². The Hall–Kier alpha value is -0.860. The molecule has 1 aromatic carbocycles. The van der Waals surface area contributed by atoms with Crippen LogP contribution in [0.15, 0.2) is 24.3 Å². The molecule has 0 aliphatic carbocycles. The SMILES string of the molecule is CC.c1ccc2c(c1)C1COCC2OC1. The van der Waals surface area contributed by atoms with Crippen molar-refractivity contribution in [3.63, 3.8) is 0 Å². The van der Waals surface area contributed by atoms with E-state index in [1.807, 2.05) is 13.8 Å². The summed E-state index contributed by atoms with van der Waals surface area (Å²) in [5, 5.41) is 0. The first-order chi connectivity index (χ1) is 7.45. The number of benzene rings is 1. The second kappa shape index (κ2) is 4.77. The van der Waals surface area contributed by atoms with Crippen LogP contribution in [-0.4, -0.2) is 19.8 Å². The molecule has 2 unspecified atom stereocenters. The molecule has 1 saturated heterocycles. The molecule has 0 saturated carbocycles. The quantitative estimate of drug-likeness (QED) is 0.650. The molecule has 0 spiro atoms. The van der Waals surface area contributed by atoms with Crippen LogP contribution in [0, 0.1) is 0 Å². The van der Waals surface area contributed by atoms with E-state index in [2.05, 4.69) is 24.3 Å². The minimum Gasteiger partial charge on any atom is -0.378 e. The van der Waals surface area contributed by atoms with Crippen molar-refractivity contribution in [2.24, 2.45) is 0 Å². The summed E-state index contributed by atoms with van der Waals surface area (Å²) in [6.07, 6.45) is 0.176. The predicted octanol–water partition coefficient (Wildman–Crippen LogP) is 2.90. The molecule has 4 rings (SSSR count). The number of fused-ring (bicyclic) bond motifs is 3. The molecule has 15 heavy (non-hydrogen) atoms. The van der Waals surface area contributed by atoms with E-state index in [1.54, 1.807) is 0 Å². The van der Waals surface area contributed by atoms with Crippen LogP contribution in [0.4, 0.5) is 0 Å². The molecule has 1 fully saturated rings. The maximum absolute atomic E-state index is 5.70. The highest BCUT2D eigenvalue weighted by molar-refractivity contribution is 5.35. The van der Waals surface area contributed by atoms with Gasteiger partial charge in [-0.3, -0.25) is 0 Å². The fourth-order valence-electron chi connectivity index (χ4n) is 2.18. The van der Waals surface area contributed by atoms with Crippen molar-refractivity contribution in [2.45, 2.75) is 25.9 Å². The first-order valence-electron chi connectivity index (χ1n) is 5.73. The Morgan fingerprint density at radius 3 is 2.53 bits per heavy atom. The number of rotatable bonds is 0. The molecule has 3 heterocycles. The molecule has 2 atom stereocenters. The van der Waals surface area contributed by atoms with E-state index < -0.39 is 0 Å². The van der Waals surface area contributed by atoms with Crippen molar-refractivity contribution in [1.29, 1.82) is 0 Å². The molecule has 2 nitrogen and oxygen atoms in total. The fraction of sp³-hybridized carbons (Fsp3) is 0.538. The van der Waals surface area contributed by atoms with Gasteiger partial charge in [-0.1, -0.05) is 38.1 Å². The third-order valence-corrected chi connectivity index (χ3v) is 2.87. The van der Waals surface area contributed by atoms with Crippen molar-refractivity contribution >= 4 is 0 Å². The molecule has 2 bridgehead atoms. The van der Waals surface area contributed by atoms with Gasteiger partial charge >= 0.3 is 0 Å². The zero-order chi connectivity index (χ0) is 10.7. The lowest BCUT2D eigenvalue weighted by atomic mass is 9.91. The lowest BCUT2D eigenvalue weighted by Crippen LogP contribution is -2.19. The molecule has 0 aromatic heterocycles. The number of hydrogen-bond donors (Lipinski definition) is 0. The van der Waals surface area contributed by atoms with Gasteiger partial charge in [-0.15, -0.1) is 0 Å². The molecular formula is C13H18O2. The van der Waals surface area contributed by atoms with Gasteiger partial charge in [-0.2, -0.15) is 0 Å². The largest absolute Gasteiger partial charge is 0.378 e. The highest BCUT2D eigenvalue weighted by atomic mass is 16.5. The average Bonchev–Trinajstić information content (AvgIpc) is 2.66. The van der Waals surface area contributed by atoms with E-state index >= 15 is 0 Å². The molecule has 0 N–H and O–H groups in total. The standard InChI is InChI=1S/C11H12O2.C2H6/c1-2-4-10-9(3-1)8-5-12-7-11(10)13-6-8;1-2/h1-4,8,11H,5-7H2;1-2H3. The lowest BCUT2D eigenvalue weighted by Gasteiger charge is -2.26. The third-order valence-electron chi connectivity index (χ3n) is 2.87. The topological polar surface area (TPSA) is 18.5 Å². The minimum absolute atomic E-state index is 0.176. The smallest absolute Gasteiger partial charge is 0.106 e. The summed E-state index contributed by atoms with van der Waals surface area (Å²) >= 11 is 0. The van der Waals surface area contributed by atoms with Gasteiger partial charge in [-0.05, 0) is 11.1 Å². The van der Waals surface area contributed by atoms with Crippen LogP contribution in [0.5, 0.6) is 0 Å². The second-order valence-corrected chi connectivity index (χ2v) is 3.69. The normalized spacial score (nSPS) is 27.3. The van der Waals surface area contributed by atoms with Crippen LogP contribution in [-0.2, 0) is 9.47 Å². The van der Waals surface area contributed by atoms with Crippen molar-refractivity contribution in [2.75, 3.05) is 19.8 Å². The molecule has 0 radical (unpaired) electrons. The summed E-state index contributed by atoms with van der Waals surface area (Å²) in [7, 11) is 0. The van der Waals surface area contributed by atoms with Gasteiger partial charge in [0.2, 0.25) is 0 Å². The first-order valence-corrected chi connectivity index (χ1v) is 5.73. The summed E-state index contributed by atoms with van der Waals surface area (Å²) < 4.78 is 11.2. The van der Waals surface area contributed by atoms with Crippen molar-refractivity contribution in [1.82, 2.24) is 0 Å². The first kappa shape index (κ1) is 10.7. The van der Waals surface area contributed by atoms with Crippen LogP contribution in [0.3, 0.4) is 0 Å². The summed E-state index contributed by atoms with van der Waals surface area (Å²) in [5.74, 6) is 0.454. The van der Waals surface area contributed by atoms with Crippen LogP contribution >= 0.6 is 0 Å². The van der Waals surface area contributed by atoms with Gasteiger partial charge in [0.15, 0.2) is 0 Å². The predicted molar refractivity (Wildman–Crippen MR) is 60.0 cm³/mol. The number of ether oxygens (including phenoxy) is 2. The van der Waals surface area contributed by atoms with Crippen LogP contribution in [0.25, 0.3) is 0 Å². The minimum atomic E-state index is 0.176. The maximum Gasteiger partial charge on any atom is 0.106 e. The van der Waals surface area contributed by atoms with Gasteiger partial charge in [0.25, 0.3) is 0 Å². The Labute approximate surface area is 91.2 Å². The molecule has 3 aliphatic rings. The van der Waals surface area contributed by atoms with Crippen molar-refractivity contribution < 1.29 is 9.47 Å². The van der Waals surface area contributed by atoms with Gasteiger partial charge in [0, 0.05) is 5.92 Å². The Kier molecular flexibility index (Phi) is 3.39.